The molecule has 0 aliphatic carbocycles. The van der Waals surface area contributed by atoms with E-state index in [0.29, 0.717) is 10.6 Å². The highest BCUT2D eigenvalue weighted by molar-refractivity contribution is 6.31. The molecule has 82 valence electrons. The first-order valence-electron chi connectivity index (χ1n) is 4.94. The Kier molecular flexibility index (Phi) is 3.22. The monoisotopic (exact) mass is 235 g/mol. The molecule has 0 aliphatic heterocycles. The van der Waals surface area contributed by atoms with Crippen LogP contribution in [0.3, 0.4) is 0 Å². The number of hydrogen-bond acceptors (Lipinski definition) is 1. The molecule has 2 aromatic carbocycles. The Morgan fingerprint density at radius 3 is 2.12 bits per heavy atom. The molecule has 0 saturated carbocycles. The van der Waals surface area contributed by atoms with Crippen molar-refractivity contribution in [1.82, 2.24) is 0 Å². The zero-order valence-corrected chi connectivity index (χ0v) is 9.29. The van der Waals surface area contributed by atoms with Crippen molar-refractivity contribution in [2.45, 2.75) is 6.04 Å². The fourth-order valence-corrected chi connectivity index (χ4v) is 1.88. The Balaban J connectivity index is 2.44. The second-order valence-corrected chi connectivity index (χ2v) is 3.93. The van der Waals surface area contributed by atoms with Crippen LogP contribution in [0.5, 0.6) is 0 Å². The molecule has 0 amide bonds. The predicted molar refractivity (Wildman–Crippen MR) is 63.9 cm³/mol. The van der Waals surface area contributed by atoms with Gasteiger partial charge in [-0.2, -0.15) is 0 Å². The summed E-state index contributed by atoms with van der Waals surface area (Å²) in [6.45, 7) is 0. The van der Waals surface area contributed by atoms with Crippen LogP contribution in [0.1, 0.15) is 17.2 Å². The van der Waals surface area contributed by atoms with Crippen molar-refractivity contribution in [2.24, 2.45) is 5.73 Å². The lowest BCUT2D eigenvalue weighted by atomic mass is 9.99. The van der Waals surface area contributed by atoms with Crippen LogP contribution in [-0.4, -0.2) is 0 Å². The quantitative estimate of drug-likeness (QED) is 0.847. The lowest BCUT2D eigenvalue weighted by Gasteiger charge is -2.14. The van der Waals surface area contributed by atoms with Crippen molar-refractivity contribution in [3.05, 3.63) is 70.5 Å². The van der Waals surface area contributed by atoms with E-state index in [1.807, 2.05) is 12.1 Å². The van der Waals surface area contributed by atoms with Gasteiger partial charge < -0.3 is 5.73 Å². The minimum Gasteiger partial charge on any atom is -0.320 e. The van der Waals surface area contributed by atoms with Gasteiger partial charge in [0.05, 0.1) is 6.04 Å². The molecule has 1 nitrogen and oxygen atoms in total. The summed E-state index contributed by atoms with van der Waals surface area (Å²) >= 11 is 6.02. The van der Waals surface area contributed by atoms with E-state index in [9.17, 15) is 4.39 Å². The molecule has 0 aliphatic rings. The third-order valence-corrected chi connectivity index (χ3v) is 2.82. The molecule has 0 bridgehead atoms. The largest absolute Gasteiger partial charge is 0.320 e. The summed E-state index contributed by atoms with van der Waals surface area (Å²) in [6, 6.07) is 13.1. The fraction of sp³-hybridized carbons (Fsp3) is 0.0769. The Bertz CT molecular complexity index is 453. The highest BCUT2D eigenvalue weighted by Crippen LogP contribution is 2.27. The van der Waals surface area contributed by atoms with Crippen LogP contribution in [0.4, 0.5) is 4.39 Å². The molecule has 0 saturated heterocycles. The summed E-state index contributed by atoms with van der Waals surface area (Å²) in [6.07, 6.45) is 0. The smallest absolute Gasteiger partial charge is 0.128 e. The molecule has 0 aromatic heterocycles. The summed E-state index contributed by atoms with van der Waals surface area (Å²) in [4.78, 5) is 0. The van der Waals surface area contributed by atoms with E-state index in [4.69, 9.17) is 17.3 Å². The lowest BCUT2D eigenvalue weighted by Crippen LogP contribution is -2.13. The molecule has 0 radical (unpaired) electrons. The van der Waals surface area contributed by atoms with E-state index in [1.54, 1.807) is 30.3 Å². The van der Waals surface area contributed by atoms with E-state index >= 15 is 0 Å². The minimum atomic E-state index is -0.533. The second-order valence-electron chi connectivity index (χ2n) is 3.52. The number of halogens is 2. The topological polar surface area (TPSA) is 26.0 Å². The van der Waals surface area contributed by atoms with Crippen molar-refractivity contribution in [3.8, 4) is 0 Å². The van der Waals surface area contributed by atoms with Crippen LogP contribution >= 0.6 is 11.6 Å². The van der Waals surface area contributed by atoms with Gasteiger partial charge in [-0.05, 0) is 17.7 Å². The summed E-state index contributed by atoms with van der Waals surface area (Å²) in [5, 5.41) is 0.554. The maximum Gasteiger partial charge on any atom is 0.128 e. The number of nitrogens with two attached hydrogens (primary N) is 1. The fourth-order valence-electron chi connectivity index (χ4n) is 1.62. The first-order valence-corrected chi connectivity index (χ1v) is 5.32. The van der Waals surface area contributed by atoms with Gasteiger partial charge in [-0.3, -0.25) is 0 Å². The molecular formula is C13H11ClFN. The highest BCUT2D eigenvalue weighted by Gasteiger charge is 2.14. The normalized spacial score (nSPS) is 12.4. The maximum absolute atomic E-state index is 13.5. The van der Waals surface area contributed by atoms with E-state index in [-0.39, 0.29) is 5.82 Å². The van der Waals surface area contributed by atoms with Crippen molar-refractivity contribution in [1.29, 1.82) is 0 Å². The Morgan fingerprint density at radius 1 is 0.938 bits per heavy atom. The Hall–Kier alpha value is -1.38. The van der Waals surface area contributed by atoms with Gasteiger partial charge in [-0.15, -0.1) is 0 Å². The predicted octanol–water partition coefficient (Wildman–Crippen LogP) is 3.53. The first kappa shape index (κ1) is 11.1. The van der Waals surface area contributed by atoms with Crippen molar-refractivity contribution < 1.29 is 4.39 Å². The van der Waals surface area contributed by atoms with Gasteiger partial charge in [0.1, 0.15) is 5.82 Å². The van der Waals surface area contributed by atoms with Crippen molar-refractivity contribution in [3.63, 3.8) is 0 Å². The molecule has 16 heavy (non-hydrogen) atoms. The van der Waals surface area contributed by atoms with Crippen molar-refractivity contribution >= 4 is 11.6 Å². The third-order valence-electron chi connectivity index (χ3n) is 2.48. The SMILES string of the molecule is NC(c1ccccc1F)c1ccccc1Cl. The van der Waals surface area contributed by atoms with E-state index in [0.717, 1.165) is 5.56 Å². The molecule has 0 spiro atoms. The van der Waals surface area contributed by atoms with E-state index in [2.05, 4.69) is 0 Å². The molecule has 1 atom stereocenters. The van der Waals surface area contributed by atoms with Gasteiger partial charge in [0.25, 0.3) is 0 Å². The summed E-state index contributed by atoms with van der Waals surface area (Å²) in [5.41, 5.74) is 7.18. The first-order chi connectivity index (χ1) is 7.70. The number of benzene rings is 2. The Morgan fingerprint density at radius 2 is 1.50 bits per heavy atom. The molecule has 0 fully saturated rings. The van der Waals surface area contributed by atoms with Crippen LogP contribution in [-0.2, 0) is 0 Å². The molecule has 0 heterocycles. The minimum absolute atomic E-state index is 0.310. The van der Waals surface area contributed by atoms with Gasteiger partial charge in [-0.1, -0.05) is 48.0 Å². The molecular weight excluding hydrogens is 225 g/mol. The third kappa shape index (κ3) is 2.08. The molecule has 2 aromatic rings. The standard InChI is InChI=1S/C13H11ClFN/c14-11-7-3-1-5-9(11)13(16)10-6-2-4-8-12(10)15/h1-8,13H,16H2. The maximum atomic E-state index is 13.5. The Labute approximate surface area is 98.7 Å². The average molecular weight is 236 g/mol. The van der Waals surface area contributed by atoms with Crippen LogP contribution in [0.15, 0.2) is 48.5 Å². The van der Waals surface area contributed by atoms with Gasteiger partial charge >= 0.3 is 0 Å². The van der Waals surface area contributed by atoms with Crippen LogP contribution < -0.4 is 5.73 Å². The van der Waals surface area contributed by atoms with Gasteiger partial charge in [0.2, 0.25) is 0 Å². The molecule has 1 unspecified atom stereocenters. The zero-order valence-electron chi connectivity index (χ0n) is 8.53. The molecule has 2 rings (SSSR count). The molecule has 3 heteroatoms. The molecule has 2 N–H and O–H groups in total. The lowest BCUT2D eigenvalue weighted by molar-refractivity contribution is 0.600. The zero-order chi connectivity index (χ0) is 11.5. The average Bonchev–Trinajstić information content (AvgIpc) is 2.29. The van der Waals surface area contributed by atoms with Crippen LogP contribution in [0.2, 0.25) is 5.02 Å². The van der Waals surface area contributed by atoms with E-state index in [1.165, 1.54) is 6.07 Å². The van der Waals surface area contributed by atoms with Crippen LogP contribution in [0.25, 0.3) is 0 Å². The second kappa shape index (κ2) is 4.64. The van der Waals surface area contributed by atoms with Gasteiger partial charge in [0, 0.05) is 10.6 Å². The number of hydrogen-bond donors (Lipinski definition) is 1. The van der Waals surface area contributed by atoms with Crippen LogP contribution in [0, 0.1) is 5.82 Å². The van der Waals surface area contributed by atoms with Crippen molar-refractivity contribution in [2.75, 3.05) is 0 Å². The number of rotatable bonds is 2. The summed E-state index contributed by atoms with van der Waals surface area (Å²) in [5.74, 6) is -0.310. The highest BCUT2D eigenvalue weighted by atomic mass is 35.5. The van der Waals surface area contributed by atoms with E-state index < -0.39 is 6.04 Å². The summed E-state index contributed by atoms with van der Waals surface area (Å²) < 4.78 is 13.5. The van der Waals surface area contributed by atoms with Gasteiger partial charge in [0.15, 0.2) is 0 Å². The summed E-state index contributed by atoms with van der Waals surface area (Å²) in [7, 11) is 0. The van der Waals surface area contributed by atoms with Gasteiger partial charge in [-0.25, -0.2) is 4.39 Å².